The summed E-state index contributed by atoms with van der Waals surface area (Å²) < 4.78 is 10.6. The number of alkyl carbamates (subject to hydrolysis) is 1. The van der Waals surface area contributed by atoms with Crippen molar-refractivity contribution in [3.05, 3.63) is 47.4 Å². The Morgan fingerprint density at radius 3 is 2.59 bits per heavy atom. The zero-order chi connectivity index (χ0) is 28.0. The molecule has 0 aliphatic heterocycles. The minimum absolute atomic E-state index is 0.0417. The third kappa shape index (κ3) is 8.20. The number of hydrogen-bond donors (Lipinski definition) is 2. The summed E-state index contributed by atoms with van der Waals surface area (Å²) in [5, 5.41) is 18.7. The maximum absolute atomic E-state index is 12.8. The first-order valence-corrected chi connectivity index (χ1v) is 13.1. The lowest BCUT2D eigenvalue weighted by atomic mass is 9.86. The van der Waals surface area contributed by atoms with E-state index < -0.39 is 11.5 Å². The molecule has 3 aromatic rings. The summed E-state index contributed by atoms with van der Waals surface area (Å²) in [6, 6.07) is 9.30. The molecular formula is C27H36N8O4. The molecule has 1 aromatic carbocycles. The van der Waals surface area contributed by atoms with Crippen molar-refractivity contribution in [1.82, 2.24) is 40.8 Å². The standard InChI is InChI=1S/C27H36N8O4/c1-17-13-22(31-24(29-17)25(36)28-15-19-7-6-8-21(14-19)38-5)23-32-34-35(33-23)16-18-9-11-20(12-10-18)30-26(37)39-27(2,3)4/h6-8,13-14,18,20H,9-12,15-16H2,1-5H3,(H,28,36)(H,30,37). The molecule has 12 heteroatoms. The van der Waals surface area contributed by atoms with E-state index >= 15 is 0 Å². The molecule has 0 atom stereocenters. The van der Waals surface area contributed by atoms with Crippen molar-refractivity contribution in [2.24, 2.45) is 5.92 Å². The van der Waals surface area contributed by atoms with Crippen LogP contribution < -0.4 is 15.4 Å². The fraction of sp³-hybridized carbons (Fsp3) is 0.519. The van der Waals surface area contributed by atoms with Gasteiger partial charge in [-0.05, 0) is 88.3 Å². The summed E-state index contributed by atoms with van der Waals surface area (Å²) in [5.74, 6) is 1.07. The number of carbonyl (C=O) groups excluding carboxylic acids is 2. The topological polar surface area (TPSA) is 146 Å². The number of nitrogens with one attached hydrogen (secondary N) is 2. The van der Waals surface area contributed by atoms with Gasteiger partial charge in [0.2, 0.25) is 11.6 Å². The zero-order valence-corrected chi connectivity index (χ0v) is 23.1. The number of nitrogens with zero attached hydrogens (tertiary/aromatic N) is 6. The molecule has 39 heavy (non-hydrogen) atoms. The van der Waals surface area contributed by atoms with Crippen molar-refractivity contribution >= 4 is 12.0 Å². The average molecular weight is 537 g/mol. The Morgan fingerprint density at radius 1 is 1.10 bits per heavy atom. The van der Waals surface area contributed by atoms with Crippen LogP contribution in [0, 0.1) is 12.8 Å². The second-order valence-electron chi connectivity index (χ2n) is 10.8. The Kier molecular flexibility index (Phi) is 8.72. The highest BCUT2D eigenvalue weighted by atomic mass is 16.6. The van der Waals surface area contributed by atoms with Crippen LogP contribution in [0.1, 0.15) is 68.3 Å². The second kappa shape index (κ2) is 12.2. The Morgan fingerprint density at radius 2 is 1.87 bits per heavy atom. The van der Waals surface area contributed by atoms with Gasteiger partial charge in [0, 0.05) is 18.3 Å². The van der Waals surface area contributed by atoms with E-state index in [2.05, 4.69) is 36.0 Å². The van der Waals surface area contributed by atoms with Gasteiger partial charge < -0.3 is 20.1 Å². The van der Waals surface area contributed by atoms with Crippen LogP contribution in [0.3, 0.4) is 0 Å². The third-order valence-electron chi connectivity index (χ3n) is 6.32. The predicted octanol–water partition coefficient (Wildman–Crippen LogP) is 3.46. The number of methoxy groups -OCH3 is 1. The molecule has 2 N–H and O–H groups in total. The molecule has 1 fully saturated rings. The van der Waals surface area contributed by atoms with Crippen LogP contribution in [0.4, 0.5) is 4.79 Å². The SMILES string of the molecule is COc1cccc(CNC(=O)c2nc(C)cc(-c3nnn(CC4CCC(NC(=O)OC(C)(C)C)CC4)n3)n2)c1. The highest BCUT2D eigenvalue weighted by Crippen LogP contribution is 2.26. The lowest BCUT2D eigenvalue weighted by molar-refractivity contribution is 0.0485. The van der Waals surface area contributed by atoms with Crippen LogP contribution in [-0.4, -0.2) is 60.9 Å². The lowest BCUT2D eigenvalue weighted by Gasteiger charge is -2.29. The summed E-state index contributed by atoms with van der Waals surface area (Å²) in [6.07, 6.45) is 3.22. The van der Waals surface area contributed by atoms with E-state index in [4.69, 9.17) is 9.47 Å². The second-order valence-corrected chi connectivity index (χ2v) is 10.8. The van der Waals surface area contributed by atoms with Crippen molar-refractivity contribution in [3.63, 3.8) is 0 Å². The van der Waals surface area contributed by atoms with Gasteiger partial charge in [0.05, 0.1) is 13.7 Å². The Balaban J connectivity index is 1.32. The number of amides is 2. The highest BCUT2D eigenvalue weighted by molar-refractivity contribution is 5.90. The van der Waals surface area contributed by atoms with Crippen LogP contribution in [-0.2, 0) is 17.8 Å². The Labute approximate surface area is 227 Å². The van der Waals surface area contributed by atoms with Crippen LogP contribution in [0.2, 0.25) is 0 Å². The smallest absolute Gasteiger partial charge is 0.407 e. The molecule has 0 spiro atoms. The molecule has 0 radical (unpaired) electrons. The Bertz CT molecular complexity index is 1290. The van der Waals surface area contributed by atoms with Gasteiger partial charge in [0.1, 0.15) is 17.0 Å². The molecule has 2 amide bonds. The van der Waals surface area contributed by atoms with E-state index in [0.29, 0.717) is 36.2 Å². The molecule has 208 valence electrons. The van der Waals surface area contributed by atoms with E-state index in [0.717, 1.165) is 37.0 Å². The first-order chi connectivity index (χ1) is 18.6. The average Bonchev–Trinajstić information content (AvgIpc) is 3.35. The van der Waals surface area contributed by atoms with E-state index in [1.165, 1.54) is 0 Å². The zero-order valence-electron chi connectivity index (χ0n) is 23.1. The number of ether oxygens (including phenoxy) is 2. The molecule has 0 saturated heterocycles. The van der Waals surface area contributed by atoms with Crippen molar-refractivity contribution < 1.29 is 19.1 Å². The van der Waals surface area contributed by atoms with Crippen molar-refractivity contribution in [2.45, 2.75) is 78.1 Å². The number of hydrogen-bond acceptors (Lipinski definition) is 9. The molecule has 12 nitrogen and oxygen atoms in total. The third-order valence-corrected chi connectivity index (χ3v) is 6.32. The first-order valence-electron chi connectivity index (χ1n) is 13.1. The van der Waals surface area contributed by atoms with Crippen molar-refractivity contribution in [3.8, 4) is 17.3 Å². The number of tetrazole rings is 1. The number of rotatable bonds is 8. The molecule has 4 rings (SSSR count). The molecule has 0 unspecified atom stereocenters. The molecular weight excluding hydrogens is 500 g/mol. The van der Waals surface area contributed by atoms with Gasteiger partial charge in [0.25, 0.3) is 5.91 Å². The van der Waals surface area contributed by atoms with E-state index in [1.54, 1.807) is 24.9 Å². The summed E-state index contributed by atoms with van der Waals surface area (Å²) in [6.45, 7) is 8.27. The van der Waals surface area contributed by atoms with E-state index in [-0.39, 0.29) is 18.0 Å². The Hall–Kier alpha value is -4.09. The minimum Gasteiger partial charge on any atom is -0.497 e. The van der Waals surface area contributed by atoms with Crippen LogP contribution in [0.5, 0.6) is 5.75 Å². The van der Waals surface area contributed by atoms with Crippen molar-refractivity contribution in [2.75, 3.05) is 7.11 Å². The van der Waals surface area contributed by atoms with Gasteiger partial charge >= 0.3 is 6.09 Å². The normalized spacial score (nSPS) is 17.4. The van der Waals surface area contributed by atoms with Crippen LogP contribution in [0.25, 0.3) is 11.5 Å². The molecule has 0 bridgehead atoms. The minimum atomic E-state index is -0.513. The summed E-state index contributed by atoms with van der Waals surface area (Å²) >= 11 is 0. The summed E-state index contributed by atoms with van der Waals surface area (Å²) in [5.41, 5.74) is 1.44. The maximum Gasteiger partial charge on any atom is 0.407 e. The monoisotopic (exact) mass is 536 g/mol. The van der Waals surface area contributed by atoms with Gasteiger partial charge in [0.15, 0.2) is 0 Å². The van der Waals surface area contributed by atoms with Crippen LogP contribution >= 0.6 is 0 Å². The lowest BCUT2D eigenvalue weighted by Crippen LogP contribution is -2.41. The molecule has 1 saturated carbocycles. The summed E-state index contributed by atoms with van der Waals surface area (Å²) in [7, 11) is 1.60. The predicted molar refractivity (Wildman–Crippen MR) is 143 cm³/mol. The summed E-state index contributed by atoms with van der Waals surface area (Å²) in [4.78, 5) is 35.1. The largest absolute Gasteiger partial charge is 0.497 e. The number of carbonyl (C=O) groups is 2. The number of benzene rings is 1. The fourth-order valence-corrected chi connectivity index (χ4v) is 4.45. The number of aromatic nitrogens is 6. The number of aryl methyl sites for hydroxylation is 1. The first kappa shape index (κ1) is 27.9. The van der Waals surface area contributed by atoms with Gasteiger partial charge in [-0.25, -0.2) is 14.8 Å². The van der Waals surface area contributed by atoms with Gasteiger partial charge in [-0.15, -0.1) is 10.2 Å². The van der Waals surface area contributed by atoms with Gasteiger partial charge in [-0.3, -0.25) is 4.79 Å². The van der Waals surface area contributed by atoms with Crippen molar-refractivity contribution in [1.29, 1.82) is 0 Å². The quantitative estimate of drug-likeness (QED) is 0.442. The molecule has 2 aromatic heterocycles. The molecule has 1 aliphatic carbocycles. The molecule has 2 heterocycles. The van der Waals surface area contributed by atoms with Gasteiger partial charge in [-0.1, -0.05) is 12.1 Å². The maximum atomic E-state index is 12.8. The fourth-order valence-electron chi connectivity index (χ4n) is 4.45. The van der Waals surface area contributed by atoms with Crippen LogP contribution in [0.15, 0.2) is 30.3 Å². The van der Waals surface area contributed by atoms with E-state index in [1.807, 2.05) is 45.0 Å². The van der Waals surface area contributed by atoms with Gasteiger partial charge in [-0.2, -0.15) is 4.80 Å². The molecule has 1 aliphatic rings. The highest BCUT2D eigenvalue weighted by Gasteiger charge is 2.26. The van der Waals surface area contributed by atoms with E-state index in [9.17, 15) is 9.59 Å².